The first-order valence-electron chi connectivity index (χ1n) is 10.2. The van der Waals surface area contributed by atoms with Gasteiger partial charge in [0.25, 0.3) is 0 Å². The molecule has 2 atom stereocenters. The Bertz CT molecular complexity index is 974. The number of piperidine rings is 1. The molecule has 0 saturated carbocycles. The minimum absolute atomic E-state index is 0.0243. The van der Waals surface area contributed by atoms with E-state index in [0.717, 1.165) is 24.8 Å². The SMILES string of the molecule is CC(NS(=O)(=O)c1ccc(OCc2ccc(F)cc2)cc1)C(C(=O)O)N1CCCCC1. The molecular formula is C22H27FN2O5S. The van der Waals surface area contributed by atoms with Gasteiger partial charge in [-0.05, 0) is 74.8 Å². The van der Waals surface area contributed by atoms with Crippen LogP contribution in [0.25, 0.3) is 0 Å². The fraction of sp³-hybridized carbons (Fsp3) is 0.409. The molecule has 1 heterocycles. The van der Waals surface area contributed by atoms with Gasteiger partial charge in [0.15, 0.2) is 0 Å². The number of aliphatic carboxylic acids is 1. The molecule has 2 N–H and O–H groups in total. The standard InChI is InChI=1S/C22H27FN2O5S/c1-16(21(22(26)27)25-13-3-2-4-14-25)24-31(28,29)20-11-9-19(10-12-20)30-15-17-5-7-18(23)8-6-17/h5-12,16,21,24H,2-4,13-15H2,1H3,(H,26,27). The van der Waals surface area contributed by atoms with Crippen LogP contribution in [0, 0.1) is 5.82 Å². The van der Waals surface area contributed by atoms with Crippen molar-refractivity contribution in [3.8, 4) is 5.75 Å². The zero-order chi connectivity index (χ0) is 22.4. The topological polar surface area (TPSA) is 95.9 Å². The van der Waals surface area contributed by atoms with Crippen LogP contribution >= 0.6 is 0 Å². The summed E-state index contributed by atoms with van der Waals surface area (Å²) in [5.74, 6) is -0.903. The van der Waals surface area contributed by atoms with Crippen molar-refractivity contribution in [3.05, 3.63) is 59.9 Å². The summed E-state index contributed by atoms with van der Waals surface area (Å²) >= 11 is 0. The summed E-state index contributed by atoms with van der Waals surface area (Å²) < 4.78 is 46.6. The Hall–Kier alpha value is -2.49. The second-order valence-corrected chi connectivity index (χ2v) is 9.39. The van der Waals surface area contributed by atoms with Gasteiger partial charge in [-0.1, -0.05) is 18.6 Å². The van der Waals surface area contributed by atoms with Gasteiger partial charge in [-0.3, -0.25) is 9.69 Å². The summed E-state index contributed by atoms with van der Waals surface area (Å²) in [4.78, 5) is 13.7. The zero-order valence-corrected chi connectivity index (χ0v) is 18.1. The van der Waals surface area contributed by atoms with Crippen molar-refractivity contribution in [3.63, 3.8) is 0 Å². The second kappa shape index (κ2) is 10.2. The van der Waals surface area contributed by atoms with Crippen LogP contribution in [0.1, 0.15) is 31.7 Å². The number of nitrogens with zero attached hydrogens (tertiary/aromatic N) is 1. The van der Waals surface area contributed by atoms with Crippen LogP contribution in [0.15, 0.2) is 53.4 Å². The van der Waals surface area contributed by atoms with E-state index in [4.69, 9.17) is 4.74 Å². The van der Waals surface area contributed by atoms with Gasteiger partial charge in [-0.2, -0.15) is 0 Å². The predicted molar refractivity (Wildman–Crippen MR) is 114 cm³/mol. The number of hydrogen-bond donors (Lipinski definition) is 2. The van der Waals surface area contributed by atoms with Gasteiger partial charge >= 0.3 is 5.97 Å². The highest BCUT2D eigenvalue weighted by Crippen LogP contribution is 2.20. The van der Waals surface area contributed by atoms with Crippen LogP contribution in [-0.4, -0.2) is 49.6 Å². The monoisotopic (exact) mass is 450 g/mol. The van der Waals surface area contributed by atoms with E-state index in [-0.39, 0.29) is 17.3 Å². The number of halogens is 1. The fourth-order valence-corrected chi connectivity index (χ4v) is 4.97. The van der Waals surface area contributed by atoms with Gasteiger partial charge in [0, 0.05) is 6.04 Å². The average Bonchev–Trinajstić information content (AvgIpc) is 2.74. The zero-order valence-electron chi connectivity index (χ0n) is 17.3. The van der Waals surface area contributed by atoms with Crippen molar-refractivity contribution in [1.29, 1.82) is 0 Å². The van der Waals surface area contributed by atoms with Gasteiger partial charge in [-0.25, -0.2) is 17.5 Å². The molecule has 2 unspecified atom stereocenters. The molecule has 0 amide bonds. The molecular weight excluding hydrogens is 423 g/mol. The van der Waals surface area contributed by atoms with E-state index < -0.39 is 28.1 Å². The molecule has 7 nitrogen and oxygen atoms in total. The maximum atomic E-state index is 13.0. The number of rotatable bonds is 9. The highest BCUT2D eigenvalue weighted by molar-refractivity contribution is 7.89. The average molecular weight is 451 g/mol. The number of ether oxygens (including phenoxy) is 1. The van der Waals surface area contributed by atoms with Crippen LogP contribution in [0.2, 0.25) is 0 Å². The van der Waals surface area contributed by atoms with Crippen molar-refractivity contribution in [2.24, 2.45) is 0 Å². The summed E-state index contributed by atoms with van der Waals surface area (Å²) in [6, 6.07) is 10.1. The van der Waals surface area contributed by atoms with Crippen LogP contribution in [-0.2, 0) is 21.4 Å². The molecule has 3 rings (SSSR count). The summed E-state index contributed by atoms with van der Waals surface area (Å²) in [7, 11) is -3.90. The number of sulfonamides is 1. The summed E-state index contributed by atoms with van der Waals surface area (Å²) in [6.45, 7) is 3.08. The van der Waals surface area contributed by atoms with Crippen LogP contribution in [0.4, 0.5) is 4.39 Å². The van der Waals surface area contributed by atoms with E-state index in [1.165, 1.54) is 36.4 Å². The molecule has 0 spiro atoms. The number of carboxylic acid groups (broad SMARTS) is 1. The number of benzene rings is 2. The van der Waals surface area contributed by atoms with Crippen LogP contribution in [0.3, 0.4) is 0 Å². The van der Waals surface area contributed by atoms with Crippen molar-refractivity contribution in [2.45, 2.75) is 49.8 Å². The Balaban J connectivity index is 1.63. The van der Waals surface area contributed by atoms with Crippen molar-refractivity contribution < 1.29 is 27.4 Å². The lowest BCUT2D eigenvalue weighted by Crippen LogP contribution is -2.55. The fourth-order valence-electron chi connectivity index (χ4n) is 3.72. The highest BCUT2D eigenvalue weighted by Gasteiger charge is 2.34. The van der Waals surface area contributed by atoms with Gasteiger partial charge in [0.1, 0.15) is 24.2 Å². The summed E-state index contributed by atoms with van der Waals surface area (Å²) in [6.07, 6.45) is 2.86. The van der Waals surface area contributed by atoms with Gasteiger partial charge in [0.2, 0.25) is 10.0 Å². The lowest BCUT2D eigenvalue weighted by molar-refractivity contribution is -0.144. The molecule has 2 aromatic carbocycles. The van der Waals surface area contributed by atoms with Gasteiger partial charge in [-0.15, -0.1) is 0 Å². The van der Waals surface area contributed by atoms with Crippen molar-refractivity contribution in [1.82, 2.24) is 9.62 Å². The van der Waals surface area contributed by atoms with Crippen molar-refractivity contribution in [2.75, 3.05) is 13.1 Å². The lowest BCUT2D eigenvalue weighted by atomic mass is 10.0. The molecule has 1 aliphatic rings. The first kappa shape index (κ1) is 23.2. The van der Waals surface area contributed by atoms with E-state index in [1.807, 2.05) is 4.90 Å². The molecule has 9 heteroatoms. The Labute approximate surface area is 181 Å². The number of hydrogen-bond acceptors (Lipinski definition) is 5. The minimum Gasteiger partial charge on any atom is -0.489 e. The van der Waals surface area contributed by atoms with E-state index >= 15 is 0 Å². The summed E-state index contributed by atoms with van der Waals surface area (Å²) in [5, 5.41) is 9.65. The maximum absolute atomic E-state index is 13.0. The number of nitrogens with one attached hydrogen (secondary N) is 1. The molecule has 0 bridgehead atoms. The third-order valence-electron chi connectivity index (χ3n) is 5.30. The molecule has 0 aliphatic carbocycles. The lowest BCUT2D eigenvalue weighted by Gasteiger charge is -2.35. The highest BCUT2D eigenvalue weighted by atomic mass is 32.2. The van der Waals surface area contributed by atoms with E-state index in [2.05, 4.69) is 4.72 Å². The molecule has 0 radical (unpaired) electrons. The Morgan fingerprint density at radius 3 is 2.29 bits per heavy atom. The molecule has 0 aromatic heterocycles. The molecule has 31 heavy (non-hydrogen) atoms. The minimum atomic E-state index is -3.90. The third-order valence-corrected chi connectivity index (χ3v) is 6.88. The molecule has 1 fully saturated rings. The number of carbonyl (C=O) groups is 1. The Morgan fingerprint density at radius 1 is 1.10 bits per heavy atom. The van der Waals surface area contributed by atoms with E-state index in [0.29, 0.717) is 18.8 Å². The number of likely N-dealkylation sites (tertiary alicyclic amines) is 1. The Kier molecular flexibility index (Phi) is 7.64. The van der Waals surface area contributed by atoms with E-state index in [1.54, 1.807) is 19.1 Å². The molecule has 168 valence electrons. The molecule has 1 saturated heterocycles. The third kappa shape index (κ3) is 6.25. The first-order valence-corrected chi connectivity index (χ1v) is 11.7. The maximum Gasteiger partial charge on any atom is 0.322 e. The number of carboxylic acids is 1. The van der Waals surface area contributed by atoms with Gasteiger partial charge in [0.05, 0.1) is 4.90 Å². The predicted octanol–water partition coefficient (Wildman–Crippen LogP) is 3.01. The normalized spacial score (nSPS) is 17.1. The summed E-state index contributed by atoms with van der Waals surface area (Å²) in [5.41, 5.74) is 0.783. The van der Waals surface area contributed by atoms with Crippen molar-refractivity contribution >= 4 is 16.0 Å². The quantitative estimate of drug-likeness (QED) is 0.610. The van der Waals surface area contributed by atoms with Crippen LogP contribution < -0.4 is 9.46 Å². The van der Waals surface area contributed by atoms with Gasteiger partial charge < -0.3 is 9.84 Å². The smallest absolute Gasteiger partial charge is 0.322 e. The molecule has 2 aromatic rings. The van der Waals surface area contributed by atoms with E-state index in [9.17, 15) is 22.7 Å². The molecule has 1 aliphatic heterocycles. The first-order chi connectivity index (χ1) is 14.8. The van der Waals surface area contributed by atoms with Crippen LogP contribution in [0.5, 0.6) is 5.75 Å². The largest absolute Gasteiger partial charge is 0.489 e. The Morgan fingerprint density at radius 2 is 1.71 bits per heavy atom. The second-order valence-electron chi connectivity index (χ2n) is 7.68.